The summed E-state index contributed by atoms with van der Waals surface area (Å²) >= 11 is 0. The number of aryl methyl sites for hydroxylation is 2. The number of nitrogens with zero attached hydrogens (tertiary/aromatic N) is 3. The first-order valence-corrected chi connectivity index (χ1v) is 8.31. The Labute approximate surface area is 162 Å². The monoisotopic (exact) mass is 441 g/mol. The minimum atomic E-state index is 0. The van der Waals surface area contributed by atoms with Crippen LogP contribution in [0, 0.1) is 0 Å². The van der Waals surface area contributed by atoms with Crippen molar-refractivity contribution in [3.05, 3.63) is 53.9 Å². The van der Waals surface area contributed by atoms with Crippen molar-refractivity contribution < 1.29 is 0 Å². The van der Waals surface area contributed by atoms with Crippen molar-refractivity contribution in [2.45, 2.75) is 26.2 Å². The SMILES string of the molecule is CCNC(=NCCCc1cnn(C)c1)NCCc1ccccc1.I. The molecule has 0 saturated carbocycles. The van der Waals surface area contributed by atoms with E-state index in [9.17, 15) is 0 Å². The van der Waals surface area contributed by atoms with Gasteiger partial charge >= 0.3 is 0 Å². The summed E-state index contributed by atoms with van der Waals surface area (Å²) in [6.45, 7) is 4.66. The molecule has 0 radical (unpaired) electrons. The number of hydrogen-bond donors (Lipinski definition) is 2. The maximum absolute atomic E-state index is 4.63. The molecule has 2 N–H and O–H groups in total. The standard InChI is InChI=1S/C18H27N5.HI/c1-3-19-18(21-13-11-16-8-5-4-6-9-16)20-12-7-10-17-14-22-23(2)15-17;/h4-6,8-9,14-15H,3,7,10-13H2,1-2H3,(H2,19,20,21);1H. The zero-order valence-electron chi connectivity index (χ0n) is 14.5. The summed E-state index contributed by atoms with van der Waals surface area (Å²) in [4.78, 5) is 4.63. The quantitative estimate of drug-likeness (QED) is 0.287. The lowest BCUT2D eigenvalue weighted by atomic mass is 10.1. The van der Waals surface area contributed by atoms with E-state index in [-0.39, 0.29) is 24.0 Å². The van der Waals surface area contributed by atoms with Crippen LogP contribution in [0.15, 0.2) is 47.7 Å². The molecule has 0 amide bonds. The van der Waals surface area contributed by atoms with Crippen LogP contribution in [0.1, 0.15) is 24.5 Å². The molecule has 0 fully saturated rings. The smallest absolute Gasteiger partial charge is 0.191 e. The van der Waals surface area contributed by atoms with Gasteiger partial charge in [0.1, 0.15) is 0 Å². The molecule has 5 nitrogen and oxygen atoms in total. The topological polar surface area (TPSA) is 54.2 Å². The second-order valence-corrected chi connectivity index (χ2v) is 5.55. The van der Waals surface area contributed by atoms with Gasteiger partial charge in [0.15, 0.2) is 5.96 Å². The first kappa shape index (κ1) is 20.5. The predicted molar refractivity (Wildman–Crippen MR) is 111 cm³/mol. The number of nitrogens with one attached hydrogen (secondary N) is 2. The van der Waals surface area contributed by atoms with Gasteiger partial charge in [-0.3, -0.25) is 9.67 Å². The number of aromatic nitrogens is 2. The highest BCUT2D eigenvalue weighted by Crippen LogP contribution is 2.01. The van der Waals surface area contributed by atoms with E-state index in [0.717, 1.165) is 44.9 Å². The Morgan fingerprint density at radius 3 is 2.58 bits per heavy atom. The maximum atomic E-state index is 4.63. The van der Waals surface area contributed by atoms with Gasteiger partial charge in [0, 0.05) is 32.9 Å². The van der Waals surface area contributed by atoms with Crippen molar-refractivity contribution in [1.82, 2.24) is 20.4 Å². The average Bonchev–Trinajstić information content (AvgIpc) is 2.98. The van der Waals surface area contributed by atoms with E-state index in [0.29, 0.717) is 0 Å². The fourth-order valence-corrected chi connectivity index (χ4v) is 2.39. The van der Waals surface area contributed by atoms with Crippen LogP contribution < -0.4 is 10.6 Å². The molecule has 0 spiro atoms. The molecular weight excluding hydrogens is 413 g/mol. The molecule has 0 atom stereocenters. The zero-order valence-corrected chi connectivity index (χ0v) is 16.9. The summed E-state index contributed by atoms with van der Waals surface area (Å²) < 4.78 is 1.84. The van der Waals surface area contributed by atoms with Gasteiger partial charge in [-0.05, 0) is 37.3 Å². The molecule has 132 valence electrons. The summed E-state index contributed by atoms with van der Waals surface area (Å²) in [5.74, 6) is 0.898. The van der Waals surface area contributed by atoms with Crippen LogP contribution in [0.5, 0.6) is 0 Å². The molecule has 1 aromatic heterocycles. The number of halogens is 1. The summed E-state index contributed by atoms with van der Waals surface area (Å²) in [6, 6.07) is 10.5. The van der Waals surface area contributed by atoms with E-state index in [4.69, 9.17) is 0 Å². The normalized spacial score (nSPS) is 11.0. The van der Waals surface area contributed by atoms with Gasteiger partial charge in [-0.15, -0.1) is 24.0 Å². The number of aliphatic imine (C=N–C) groups is 1. The van der Waals surface area contributed by atoms with E-state index in [1.54, 1.807) is 0 Å². The third-order valence-electron chi connectivity index (χ3n) is 3.55. The third kappa shape index (κ3) is 7.81. The van der Waals surface area contributed by atoms with Gasteiger partial charge in [0.05, 0.1) is 6.20 Å². The number of hydrogen-bond acceptors (Lipinski definition) is 2. The van der Waals surface area contributed by atoms with E-state index in [1.807, 2.05) is 24.0 Å². The molecule has 0 saturated heterocycles. The van der Waals surface area contributed by atoms with Crippen LogP contribution in [0.2, 0.25) is 0 Å². The van der Waals surface area contributed by atoms with Crippen LogP contribution in [0.3, 0.4) is 0 Å². The van der Waals surface area contributed by atoms with Gasteiger partial charge in [-0.2, -0.15) is 5.10 Å². The van der Waals surface area contributed by atoms with E-state index < -0.39 is 0 Å². The van der Waals surface area contributed by atoms with Crippen molar-refractivity contribution in [1.29, 1.82) is 0 Å². The second kappa shape index (κ2) is 11.9. The van der Waals surface area contributed by atoms with E-state index in [2.05, 4.69) is 58.1 Å². The van der Waals surface area contributed by atoms with Crippen molar-refractivity contribution in [3.8, 4) is 0 Å². The van der Waals surface area contributed by atoms with Gasteiger partial charge < -0.3 is 10.6 Å². The summed E-state index contributed by atoms with van der Waals surface area (Å²) in [7, 11) is 1.95. The van der Waals surface area contributed by atoms with E-state index >= 15 is 0 Å². The lowest BCUT2D eigenvalue weighted by molar-refractivity contribution is 0.763. The van der Waals surface area contributed by atoms with Crippen LogP contribution in [0.25, 0.3) is 0 Å². The minimum absolute atomic E-state index is 0. The lowest BCUT2D eigenvalue weighted by Gasteiger charge is -2.11. The highest BCUT2D eigenvalue weighted by atomic mass is 127. The first-order valence-electron chi connectivity index (χ1n) is 8.31. The van der Waals surface area contributed by atoms with Gasteiger partial charge in [-0.25, -0.2) is 0 Å². The summed E-state index contributed by atoms with van der Waals surface area (Å²) in [6.07, 6.45) is 7.03. The molecule has 2 rings (SSSR count). The zero-order chi connectivity index (χ0) is 16.3. The van der Waals surface area contributed by atoms with Crippen LogP contribution in [-0.4, -0.2) is 35.4 Å². The Hall–Kier alpha value is -1.57. The highest BCUT2D eigenvalue weighted by Gasteiger charge is 1.99. The van der Waals surface area contributed by atoms with Crippen LogP contribution >= 0.6 is 24.0 Å². The number of guanidine groups is 1. The fourth-order valence-electron chi connectivity index (χ4n) is 2.39. The Kier molecular flexibility index (Phi) is 10.1. The van der Waals surface area contributed by atoms with Crippen molar-refractivity contribution in [2.75, 3.05) is 19.6 Å². The molecule has 0 unspecified atom stereocenters. The molecule has 1 aromatic carbocycles. The molecule has 0 aliphatic carbocycles. The molecule has 1 heterocycles. The summed E-state index contributed by atoms with van der Waals surface area (Å²) in [5, 5.41) is 10.9. The molecule has 6 heteroatoms. The van der Waals surface area contributed by atoms with Gasteiger partial charge in [0.2, 0.25) is 0 Å². The Morgan fingerprint density at radius 1 is 1.12 bits per heavy atom. The minimum Gasteiger partial charge on any atom is -0.357 e. The Bertz CT molecular complexity index is 594. The summed E-state index contributed by atoms with van der Waals surface area (Å²) in [5.41, 5.74) is 2.61. The first-order chi connectivity index (χ1) is 11.3. The maximum Gasteiger partial charge on any atom is 0.191 e. The molecule has 2 aromatic rings. The number of benzene rings is 1. The lowest BCUT2D eigenvalue weighted by Crippen LogP contribution is -2.38. The van der Waals surface area contributed by atoms with E-state index in [1.165, 1.54) is 11.1 Å². The fraction of sp³-hybridized carbons (Fsp3) is 0.444. The Balaban J connectivity index is 0.00000288. The molecule has 24 heavy (non-hydrogen) atoms. The molecule has 0 aliphatic heterocycles. The largest absolute Gasteiger partial charge is 0.357 e. The molecule has 0 bridgehead atoms. The highest BCUT2D eigenvalue weighted by molar-refractivity contribution is 14.0. The van der Waals surface area contributed by atoms with Gasteiger partial charge in [-0.1, -0.05) is 30.3 Å². The van der Waals surface area contributed by atoms with Crippen LogP contribution in [-0.2, 0) is 19.9 Å². The predicted octanol–water partition coefficient (Wildman–Crippen LogP) is 2.77. The third-order valence-corrected chi connectivity index (χ3v) is 3.55. The van der Waals surface area contributed by atoms with Crippen molar-refractivity contribution >= 4 is 29.9 Å². The number of rotatable bonds is 8. The molecule has 0 aliphatic rings. The molecular formula is C18H28IN5. The van der Waals surface area contributed by atoms with Crippen LogP contribution in [0.4, 0.5) is 0 Å². The van der Waals surface area contributed by atoms with Gasteiger partial charge in [0.25, 0.3) is 0 Å². The van der Waals surface area contributed by atoms with Crippen molar-refractivity contribution in [2.24, 2.45) is 12.0 Å². The average molecular weight is 441 g/mol. The Morgan fingerprint density at radius 2 is 1.92 bits per heavy atom. The van der Waals surface area contributed by atoms with Crippen molar-refractivity contribution in [3.63, 3.8) is 0 Å². The second-order valence-electron chi connectivity index (χ2n) is 5.55.